The Balaban J connectivity index is 1.67. The summed E-state index contributed by atoms with van der Waals surface area (Å²) in [4.78, 5) is 13.3. The van der Waals surface area contributed by atoms with E-state index >= 15 is 0 Å². The predicted molar refractivity (Wildman–Crippen MR) is 75.5 cm³/mol. The molecule has 1 N–H and O–H groups in total. The van der Waals surface area contributed by atoms with Crippen molar-refractivity contribution in [1.29, 1.82) is 0 Å². The maximum atomic E-state index is 12.7. The fourth-order valence-electron chi connectivity index (χ4n) is 1.64. The number of ether oxygens (including phenoxy) is 1. The van der Waals surface area contributed by atoms with E-state index in [1.54, 1.807) is 37.6 Å². The maximum Gasteiger partial charge on any atom is 0.317 e. The third-order valence-corrected chi connectivity index (χ3v) is 2.85. The minimum atomic E-state index is -0.309. The van der Waals surface area contributed by atoms with Gasteiger partial charge in [-0.1, -0.05) is 0 Å². The second-order valence-corrected chi connectivity index (χ2v) is 4.46. The van der Waals surface area contributed by atoms with E-state index in [4.69, 9.17) is 9.15 Å². The molecule has 0 aliphatic heterocycles. The van der Waals surface area contributed by atoms with Gasteiger partial charge in [0.15, 0.2) is 0 Å². The first-order valence-corrected chi connectivity index (χ1v) is 6.55. The number of hydrogen-bond donors (Lipinski definition) is 1. The zero-order chi connectivity index (χ0) is 15.1. The standard InChI is InChI=1S/C15H17FN2O3/c1-18(15(19)17-11-14-3-2-9-20-14)8-10-21-13-6-4-12(16)5-7-13/h2-7,9H,8,10-11H2,1H3,(H,17,19). The van der Waals surface area contributed by atoms with Crippen molar-refractivity contribution in [2.45, 2.75) is 6.54 Å². The molecule has 0 bridgehead atoms. The van der Waals surface area contributed by atoms with Crippen LogP contribution in [0.4, 0.5) is 9.18 Å². The molecule has 0 saturated carbocycles. The number of urea groups is 1. The second-order valence-electron chi connectivity index (χ2n) is 4.46. The van der Waals surface area contributed by atoms with Gasteiger partial charge < -0.3 is 19.4 Å². The third-order valence-electron chi connectivity index (χ3n) is 2.85. The van der Waals surface area contributed by atoms with Crippen LogP contribution >= 0.6 is 0 Å². The number of hydrogen-bond acceptors (Lipinski definition) is 3. The number of amides is 2. The lowest BCUT2D eigenvalue weighted by Crippen LogP contribution is -2.38. The molecule has 0 radical (unpaired) electrons. The smallest absolute Gasteiger partial charge is 0.317 e. The highest BCUT2D eigenvalue weighted by molar-refractivity contribution is 5.73. The number of likely N-dealkylation sites (N-methyl/N-ethyl adjacent to an activating group) is 1. The van der Waals surface area contributed by atoms with E-state index in [0.717, 1.165) is 0 Å². The highest BCUT2D eigenvalue weighted by Gasteiger charge is 2.08. The Morgan fingerprint density at radius 3 is 2.76 bits per heavy atom. The van der Waals surface area contributed by atoms with Crippen LogP contribution in [0.25, 0.3) is 0 Å². The number of nitrogens with zero attached hydrogens (tertiary/aromatic N) is 1. The molecule has 0 spiro atoms. The third kappa shape index (κ3) is 4.83. The van der Waals surface area contributed by atoms with Crippen LogP contribution in [0.2, 0.25) is 0 Å². The van der Waals surface area contributed by atoms with Gasteiger partial charge in [-0.15, -0.1) is 0 Å². The minimum absolute atomic E-state index is 0.214. The van der Waals surface area contributed by atoms with Crippen LogP contribution in [0.15, 0.2) is 47.1 Å². The number of furan rings is 1. The average Bonchev–Trinajstić information content (AvgIpc) is 3.00. The summed E-state index contributed by atoms with van der Waals surface area (Å²) >= 11 is 0. The van der Waals surface area contributed by atoms with Gasteiger partial charge in [0.2, 0.25) is 0 Å². The molecular formula is C15H17FN2O3. The predicted octanol–water partition coefficient (Wildman–Crippen LogP) is 2.64. The van der Waals surface area contributed by atoms with E-state index in [-0.39, 0.29) is 11.8 Å². The topological polar surface area (TPSA) is 54.7 Å². The SMILES string of the molecule is CN(CCOc1ccc(F)cc1)C(=O)NCc1ccco1. The number of rotatable bonds is 6. The Morgan fingerprint density at radius 2 is 2.10 bits per heavy atom. The lowest BCUT2D eigenvalue weighted by atomic mass is 10.3. The molecule has 1 aromatic heterocycles. The fraction of sp³-hybridized carbons (Fsp3) is 0.267. The molecule has 0 unspecified atom stereocenters. The van der Waals surface area contributed by atoms with E-state index in [0.29, 0.717) is 31.2 Å². The van der Waals surface area contributed by atoms with Crippen molar-refractivity contribution in [1.82, 2.24) is 10.2 Å². The normalized spacial score (nSPS) is 10.2. The van der Waals surface area contributed by atoms with Crippen LogP contribution in [0.5, 0.6) is 5.75 Å². The van der Waals surface area contributed by atoms with Crippen LogP contribution in [0, 0.1) is 5.82 Å². The van der Waals surface area contributed by atoms with Gasteiger partial charge in [-0.3, -0.25) is 0 Å². The molecule has 0 fully saturated rings. The molecule has 2 amide bonds. The van der Waals surface area contributed by atoms with Crippen molar-refractivity contribution >= 4 is 6.03 Å². The first-order chi connectivity index (χ1) is 10.1. The molecule has 0 aliphatic carbocycles. The largest absolute Gasteiger partial charge is 0.492 e. The van der Waals surface area contributed by atoms with Gasteiger partial charge in [0.25, 0.3) is 0 Å². The summed E-state index contributed by atoms with van der Waals surface area (Å²) in [5.41, 5.74) is 0. The Labute approximate surface area is 122 Å². The van der Waals surface area contributed by atoms with Gasteiger partial charge in [-0.2, -0.15) is 0 Å². The van der Waals surface area contributed by atoms with Crippen molar-refractivity contribution in [2.24, 2.45) is 0 Å². The lowest BCUT2D eigenvalue weighted by Gasteiger charge is -2.17. The minimum Gasteiger partial charge on any atom is -0.492 e. The van der Waals surface area contributed by atoms with E-state index < -0.39 is 0 Å². The average molecular weight is 292 g/mol. The summed E-state index contributed by atoms with van der Waals surface area (Å²) in [5, 5.41) is 2.73. The zero-order valence-electron chi connectivity index (χ0n) is 11.7. The molecule has 5 nitrogen and oxygen atoms in total. The van der Waals surface area contributed by atoms with Crippen LogP contribution in [-0.2, 0) is 6.54 Å². The molecule has 6 heteroatoms. The first-order valence-electron chi connectivity index (χ1n) is 6.55. The van der Waals surface area contributed by atoms with Gasteiger partial charge in [-0.05, 0) is 36.4 Å². The van der Waals surface area contributed by atoms with Crippen molar-refractivity contribution < 1.29 is 18.3 Å². The van der Waals surface area contributed by atoms with Gasteiger partial charge >= 0.3 is 6.03 Å². The van der Waals surface area contributed by atoms with Crippen molar-refractivity contribution in [3.63, 3.8) is 0 Å². The summed E-state index contributed by atoms with van der Waals surface area (Å²) in [6.07, 6.45) is 1.56. The van der Waals surface area contributed by atoms with E-state index in [2.05, 4.69) is 5.32 Å². The van der Waals surface area contributed by atoms with Crippen LogP contribution in [-0.4, -0.2) is 31.1 Å². The first kappa shape index (κ1) is 14.9. The summed E-state index contributed by atoms with van der Waals surface area (Å²) in [7, 11) is 1.67. The molecule has 2 rings (SSSR count). The number of nitrogens with one attached hydrogen (secondary N) is 1. The molecule has 112 valence electrons. The van der Waals surface area contributed by atoms with Crippen molar-refractivity contribution in [3.05, 3.63) is 54.2 Å². The van der Waals surface area contributed by atoms with E-state index in [1.807, 2.05) is 0 Å². The maximum absolute atomic E-state index is 12.7. The van der Waals surface area contributed by atoms with Gasteiger partial charge in [-0.25, -0.2) is 9.18 Å². The molecule has 0 saturated heterocycles. The Bertz CT molecular complexity index is 555. The highest BCUT2D eigenvalue weighted by Crippen LogP contribution is 2.10. The summed E-state index contributed by atoms with van der Waals surface area (Å²) < 4.78 is 23.3. The Hall–Kier alpha value is -2.50. The van der Waals surface area contributed by atoms with E-state index in [1.165, 1.54) is 17.0 Å². The quantitative estimate of drug-likeness (QED) is 0.890. The lowest BCUT2D eigenvalue weighted by molar-refractivity contribution is 0.194. The molecule has 0 atom stereocenters. The monoisotopic (exact) mass is 292 g/mol. The second kappa shape index (κ2) is 7.33. The Morgan fingerprint density at radius 1 is 1.33 bits per heavy atom. The molecule has 0 aliphatic rings. The zero-order valence-corrected chi connectivity index (χ0v) is 11.7. The Kier molecular flexibility index (Phi) is 5.20. The van der Waals surface area contributed by atoms with Crippen molar-refractivity contribution in [3.8, 4) is 5.75 Å². The van der Waals surface area contributed by atoms with E-state index in [9.17, 15) is 9.18 Å². The summed E-state index contributed by atoms with van der Waals surface area (Å²) in [6.45, 7) is 1.09. The highest BCUT2D eigenvalue weighted by atomic mass is 19.1. The molecular weight excluding hydrogens is 275 g/mol. The fourth-order valence-corrected chi connectivity index (χ4v) is 1.64. The molecule has 1 aromatic carbocycles. The van der Waals surface area contributed by atoms with Crippen LogP contribution in [0.1, 0.15) is 5.76 Å². The molecule has 21 heavy (non-hydrogen) atoms. The van der Waals surface area contributed by atoms with Crippen LogP contribution in [0.3, 0.4) is 0 Å². The number of carbonyl (C=O) groups is 1. The van der Waals surface area contributed by atoms with Gasteiger partial charge in [0.1, 0.15) is 23.9 Å². The van der Waals surface area contributed by atoms with Gasteiger partial charge in [0, 0.05) is 7.05 Å². The summed E-state index contributed by atoms with van der Waals surface area (Å²) in [5.74, 6) is 0.955. The van der Waals surface area contributed by atoms with Crippen molar-refractivity contribution in [2.75, 3.05) is 20.2 Å². The molecule has 1 heterocycles. The number of benzene rings is 1. The number of halogens is 1. The summed E-state index contributed by atoms with van der Waals surface area (Å²) in [6, 6.07) is 9.09. The molecule has 2 aromatic rings. The van der Waals surface area contributed by atoms with Crippen LogP contribution < -0.4 is 10.1 Å². The number of carbonyl (C=O) groups excluding carboxylic acids is 1. The van der Waals surface area contributed by atoms with Gasteiger partial charge in [0.05, 0.1) is 19.4 Å².